The molecule has 0 radical (unpaired) electrons. The van der Waals surface area contributed by atoms with Gasteiger partial charge in [0.1, 0.15) is 6.10 Å². The predicted octanol–water partition coefficient (Wildman–Crippen LogP) is 4.72. The zero-order chi connectivity index (χ0) is 26.2. The van der Waals surface area contributed by atoms with Gasteiger partial charge in [-0.25, -0.2) is 4.79 Å². The zero-order valence-corrected chi connectivity index (χ0v) is 21.5. The number of carbonyl (C=O) groups is 3. The van der Waals surface area contributed by atoms with Gasteiger partial charge in [-0.05, 0) is 49.1 Å². The molecule has 4 rings (SSSR count). The van der Waals surface area contributed by atoms with E-state index in [2.05, 4.69) is 10.2 Å². The van der Waals surface area contributed by atoms with Gasteiger partial charge in [0.25, 0.3) is 0 Å². The van der Waals surface area contributed by atoms with Gasteiger partial charge in [-0.15, -0.1) is 0 Å². The summed E-state index contributed by atoms with van der Waals surface area (Å²) >= 11 is 0. The maximum absolute atomic E-state index is 12.7. The highest BCUT2D eigenvalue weighted by molar-refractivity contribution is 5.91. The van der Waals surface area contributed by atoms with Gasteiger partial charge in [-0.1, -0.05) is 48.5 Å². The van der Waals surface area contributed by atoms with E-state index in [1.807, 2.05) is 54.6 Å². The van der Waals surface area contributed by atoms with Crippen LogP contribution in [0.15, 0.2) is 54.6 Å². The Morgan fingerprint density at radius 2 is 1.65 bits per heavy atom. The van der Waals surface area contributed by atoms with E-state index in [4.69, 9.17) is 9.84 Å². The Kier molecular flexibility index (Phi) is 9.17. The van der Waals surface area contributed by atoms with E-state index in [-0.39, 0.29) is 18.4 Å². The molecule has 0 unspecified atom stereocenters. The third-order valence-electron chi connectivity index (χ3n) is 7.51. The fourth-order valence-corrected chi connectivity index (χ4v) is 5.57. The Hall–Kier alpha value is -3.39. The summed E-state index contributed by atoms with van der Waals surface area (Å²) in [5, 5.41) is 11.7. The first kappa shape index (κ1) is 26.7. The van der Waals surface area contributed by atoms with Crippen molar-refractivity contribution in [2.24, 2.45) is 11.8 Å². The maximum Gasteiger partial charge on any atom is 0.411 e. The summed E-state index contributed by atoms with van der Waals surface area (Å²) in [6.45, 7) is 3.18. The Morgan fingerprint density at radius 3 is 2.35 bits per heavy atom. The molecular weight excluding hydrogens is 470 g/mol. The van der Waals surface area contributed by atoms with Crippen LogP contribution in [0, 0.1) is 11.8 Å². The first-order chi connectivity index (χ1) is 17.9. The molecule has 2 amide bonds. The van der Waals surface area contributed by atoms with Crippen molar-refractivity contribution in [2.45, 2.75) is 44.6 Å². The first-order valence-electron chi connectivity index (χ1n) is 13.2. The van der Waals surface area contributed by atoms with Crippen LogP contribution in [0.1, 0.15) is 38.5 Å². The average Bonchev–Trinajstić information content (AvgIpc) is 3.43. The van der Waals surface area contributed by atoms with E-state index in [9.17, 15) is 14.4 Å². The number of unbranched alkanes of at least 4 members (excludes halogenated alkanes) is 1. The molecule has 2 aromatic carbocycles. The number of likely N-dealkylation sites (tertiary alicyclic amines) is 1. The first-order valence-corrected chi connectivity index (χ1v) is 13.2. The van der Waals surface area contributed by atoms with Crippen LogP contribution in [0.3, 0.4) is 0 Å². The second-order valence-corrected chi connectivity index (χ2v) is 10.2. The highest BCUT2D eigenvalue weighted by Gasteiger charge is 2.42. The van der Waals surface area contributed by atoms with E-state index >= 15 is 0 Å². The number of para-hydroxylation sites is 1. The van der Waals surface area contributed by atoms with Crippen LogP contribution >= 0.6 is 0 Å². The SMILES string of the molecule is CN(CCCCC(=O)O)C(=O)CCN1C[C@H]2C[C@H](OC(=O)Nc3ccccc3-c3ccccc3)C[C@H]2C1. The molecule has 1 heterocycles. The normalized spacial score (nSPS) is 20.8. The molecule has 3 atom stereocenters. The van der Waals surface area contributed by atoms with Gasteiger partial charge in [0.15, 0.2) is 0 Å². The summed E-state index contributed by atoms with van der Waals surface area (Å²) in [5.41, 5.74) is 2.73. The van der Waals surface area contributed by atoms with Crippen LogP contribution in [0.5, 0.6) is 0 Å². The smallest absolute Gasteiger partial charge is 0.411 e. The predicted molar refractivity (Wildman–Crippen MR) is 142 cm³/mol. The van der Waals surface area contributed by atoms with E-state index in [0.29, 0.717) is 37.6 Å². The van der Waals surface area contributed by atoms with E-state index in [0.717, 1.165) is 49.3 Å². The third kappa shape index (κ3) is 7.55. The lowest BCUT2D eigenvalue weighted by Crippen LogP contribution is -2.33. The molecule has 1 aliphatic heterocycles. The second kappa shape index (κ2) is 12.7. The highest BCUT2D eigenvalue weighted by atomic mass is 16.6. The number of anilines is 1. The van der Waals surface area contributed by atoms with Gasteiger partial charge in [0, 0.05) is 51.6 Å². The molecule has 1 saturated carbocycles. The third-order valence-corrected chi connectivity index (χ3v) is 7.51. The topological polar surface area (TPSA) is 99.2 Å². The monoisotopic (exact) mass is 507 g/mol. The van der Waals surface area contributed by atoms with Crippen molar-refractivity contribution < 1.29 is 24.2 Å². The van der Waals surface area contributed by atoms with Crippen molar-refractivity contribution in [3.63, 3.8) is 0 Å². The lowest BCUT2D eigenvalue weighted by Gasteiger charge is -2.21. The molecule has 198 valence electrons. The number of ether oxygens (including phenoxy) is 1. The number of hydrogen-bond acceptors (Lipinski definition) is 5. The van der Waals surface area contributed by atoms with E-state index in [1.54, 1.807) is 11.9 Å². The summed E-state index contributed by atoms with van der Waals surface area (Å²) in [4.78, 5) is 39.8. The van der Waals surface area contributed by atoms with E-state index in [1.165, 1.54) is 0 Å². The molecule has 1 aliphatic carbocycles. The number of rotatable bonds is 11. The van der Waals surface area contributed by atoms with Gasteiger partial charge >= 0.3 is 12.1 Å². The Morgan fingerprint density at radius 1 is 0.973 bits per heavy atom. The Bertz CT molecular complexity index is 1060. The molecule has 0 aromatic heterocycles. The molecule has 1 saturated heterocycles. The van der Waals surface area contributed by atoms with Crippen molar-refractivity contribution >= 4 is 23.7 Å². The number of carboxylic acid groups (broad SMARTS) is 1. The minimum atomic E-state index is -0.796. The number of fused-ring (bicyclic) bond motifs is 1. The number of aliphatic carboxylic acids is 1. The lowest BCUT2D eigenvalue weighted by molar-refractivity contribution is -0.137. The van der Waals surface area contributed by atoms with E-state index < -0.39 is 12.1 Å². The van der Waals surface area contributed by atoms with Crippen LogP contribution in [-0.2, 0) is 14.3 Å². The molecule has 2 aliphatic rings. The van der Waals surface area contributed by atoms with Crippen molar-refractivity contribution in [1.82, 2.24) is 9.80 Å². The number of hydrogen-bond donors (Lipinski definition) is 2. The highest BCUT2D eigenvalue weighted by Crippen LogP contribution is 2.39. The van der Waals surface area contributed by atoms with Crippen molar-refractivity contribution in [3.05, 3.63) is 54.6 Å². The number of benzene rings is 2. The molecule has 0 bridgehead atoms. The maximum atomic E-state index is 12.7. The number of nitrogens with zero attached hydrogens (tertiary/aromatic N) is 2. The van der Waals surface area contributed by atoms with Crippen LogP contribution in [-0.4, -0.2) is 72.2 Å². The largest absolute Gasteiger partial charge is 0.481 e. The number of carbonyl (C=O) groups excluding carboxylic acids is 2. The minimum Gasteiger partial charge on any atom is -0.481 e. The molecule has 8 nitrogen and oxygen atoms in total. The molecule has 8 heteroatoms. The van der Waals surface area contributed by atoms with Gasteiger partial charge in [0.2, 0.25) is 5.91 Å². The summed E-state index contributed by atoms with van der Waals surface area (Å²) in [7, 11) is 1.78. The van der Waals surface area contributed by atoms with Crippen LogP contribution in [0.25, 0.3) is 11.1 Å². The fourth-order valence-electron chi connectivity index (χ4n) is 5.57. The number of carboxylic acids is 1. The summed E-state index contributed by atoms with van der Waals surface area (Å²) in [5.74, 6) is 0.271. The van der Waals surface area contributed by atoms with Gasteiger partial charge in [-0.2, -0.15) is 0 Å². The summed E-state index contributed by atoms with van der Waals surface area (Å²) < 4.78 is 5.80. The van der Waals surface area contributed by atoms with Crippen molar-refractivity contribution in [3.8, 4) is 11.1 Å². The van der Waals surface area contributed by atoms with Crippen molar-refractivity contribution in [2.75, 3.05) is 38.5 Å². The molecule has 0 spiro atoms. The molecule has 2 aromatic rings. The number of amides is 2. The van der Waals surface area contributed by atoms with Crippen molar-refractivity contribution in [1.29, 1.82) is 0 Å². The standard InChI is InChI=1S/C29H37N3O5/c1-31(15-8-7-13-28(34)35)27(33)14-16-32-19-22-17-24(18-23(22)20-32)37-29(36)30-26-12-6-5-11-25(26)21-9-3-2-4-10-21/h2-6,9-12,22-24H,7-8,13-20H2,1H3,(H,30,36)(H,34,35)/t22-,23+,24+. The average molecular weight is 508 g/mol. The second-order valence-electron chi connectivity index (χ2n) is 10.2. The van der Waals surface area contributed by atoms with Crippen LogP contribution < -0.4 is 5.32 Å². The van der Waals surface area contributed by atoms with Crippen LogP contribution in [0.4, 0.5) is 10.5 Å². The summed E-state index contributed by atoms with van der Waals surface area (Å²) in [6.07, 6.45) is 3.11. The summed E-state index contributed by atoms with van der Waals surface area (Å²) in [6, 6.07) is 17.7. The van der Waals surface area contributed by atoms with Gasteiger partial charge in [0.05, 0.1) is 5.69 Å². The molecule has 2 N–H and O–H groups in total. The lowest BCUT2D eigenvalue weighted by atomic mass is 10.0. The molecular formula is C29H37N3O5. The minimum absolute atomic E-state index is 0.0837. The molecule has 37 heavy (non-hydrogen) atoms. The van der Waals surface area contributed by atoms with Gasteiger partial charge < -0.3 is 19.6 Å². The Balaban J connectivity index is 1.17. The fraction of sp³-hybridized carbons (Fsp3) is 0.483. The zero-order valence-electron chi connectivity index (χ0n) is 21.5. The quantitative estimate of drug-likeness (QED) is 0.427. The Labute approximate surface area is 218 Å². The van der Waals surface area contributed by atoms with Crippen LogP contribution in [0.2, 0.25) is 0 Å². The number of nitrogens with one attached hydrogen (secondary N) is 1. The van der Waals surface area contributed by atoms with Gasteiger partial charge in [-0.3, -0.25) is 14.9 Å². The molecule has 2 fully saturated rings.